The Morgan fingerprint density at radius 3 is 2.60 bits per heavy atom. The lowest BCUT2D eigenvalue weighted by Gasteiger charge is -2.22. The molecule has 1 atom stereocenters. The van der Waals surface area contributed by atoms with E-state index in [1.54, 1.807) is 18.1 Å². The van der Waals surface area contributed by atoms with Crippen LogP contribution in [0.2, 0.25) is 0 Å². The minimum Gasteiger partial charge on any atom is -0.343 e. The van der Waals surface area contributed by atoms with E-state index >= 15 is 0 Å². The Balaban J connectivity index is 1.48. The van der Waals surface area contributed by atoms with Gasteiger partial charge in [-0.2, -0.15) is 0 Å². The third-order valence-electron chi connectivity index (χ3n) is 5.35. The highest BCUT2D eigenvalue weighted by Gasteiger charge is 2.30. The molecule has 0 radical (unpaired) electrons. The second kappa shape index (κ2) is 8.37. The molecule has 3 amide bonds. The zero-order chi connectivity index (χ0) is 21.1. The van der Waals surface area contributed by atoms with Crippen LogP contribution >= 0.6 is 0 Å². The van der Waals surface area contributed by atoms with Crippen LogP contribution in [0.15, 0.2) is 66.9 Å². The molecule has 0 bridgehead atoms. The second-order valence-corrected chi connectivity index (χ2v) is 7.50. The van der Waals surface area contributed by atoms with Crippen LogP contribution in [0, 0.1) is 6.92 Å². The van der Waals surface area contributed by atoms with E-state index in [0.29, 0.717) is 12.2 Å². The molecule has 4 rings (SSSR count). The van der Waals surface area contributed by atoms with Gasteiger partial charge in [-0.15, -0.1) is 0 Å². The van der Waals surface area contributed by atoms with Crippen LogP contribution in [-0.4, -0.2) is 35.4 Å². The number of hydrogen-bond donors (Lipinski definition) is 2. The summed E-state index contributed by atoms with van der Waals surface area (Å²) in [4.78, 5) is 31.3. The fourth-order valence-electron chi connectivity index (χ4n) is 3.70. The number of hydrogen-bond acceptors (Lipinski definition) is 3. The first-order chi connectivity index (χ1) is 14.5. The van der Waals surface area contributed by atoms with E-state index in [1.165, 1.54) is 0 Å². The van der Waals surface area contributed by atoms with Crippen molar-refractivity contribution in [2.75, 3.05) is 18.9 Å². The monoisotopic (exact) mass is 400 g/mol. The number of anilines is 1. The van der Waals surface area contributed by atoms with E-state index in [1.807, 2.05) is 67.6 Å². The number of urea groups is 1. The van der Waals surface area contributed by atoms with Crippen LogP contribution in [0.5, 0.6) is 0 Å². The molecule has 6 heteroatoms. The van der Waals surface area contributed by atoms with Crippen molar-refractivity contribution in [3.8, 4) is 11.1 Å². The van der Waals surface area contributed by atoms with E-state index in [0.717, 1.165) is 34.4 Å². The van der Waals surface area contributed by atoms with Gasteiger partial charge in [0.15, 0.2) is 0 Å². The van der Waals surface area contributed by atoms with Gasteiger partial charge in [0.25, 0.3) is 0 Å². The minimum atomic E-state index is -0.701. The number of pyridine rings is 1. The van der Waals surface area contributed by atoms with Crippen molar-refractivity contribution in [3.05, 3.63) is 83.7 Å². The normalized spacial score (nSPS) is 15.9. The molecule has 1 aliphatic heterocycles. The first kappa shape index (κ1) is 19.6. The van der Waals surface area contributed by atoms with Gasteiger partial charge in [0.2, 0.25) is 5.91 Å². The summed E-state index contributed by atoms with van der Waals surface area (Å²) in [7, 11) is 1.76. The Morgan fingerprint density at radius 1 is 1.07 bits per heavy atom. The molecule has 0 saturated carbocycles. The Labute approximate surface area is 175 Å². The molecule has 30 heavy (non-hydrogen) atoms. The Morgan fingerprint density at radius 2 is 1.83 bits per heavy atom. The molecular formula is C24H24N4O2. The molecule has 2 aromatic carbocycles. The molecule has 0 fully saturated rings. The lowest BCUT2D eigenvalue weighted by atomic mass is 9.99. The number of fused-ring (bicyclic) bond motifs is 1. The number of nitrogens with one attached hydrogen (secondary N) is 2. The average molecular weight is 400 g/mol. The van der Waals surface area contributed by atoms with Crippen LogP contribution in [0.25, 0.3) is 11.1 Å². The fraction of sp³-hybridized carbons (Fsp3) is 0.208. The molecule has 0 spiro atoms. The molecule has 0 unspecified atom stereocenters. The number of benzene rings is 2. The van der Waals surface area contributed by atoms with Gasteiger partial charge in [0, 0.05) is 31.2 Å². The maximum atomic E-state index is 12.8. The van der Waals surface area contributed by atoms with Crippen molar-refractivity contribution in [1.82, 2.24) is 15.2 Å². The molecule has 1 aliphatic rings. The van der Waals surface area contributed by atoms with Crippen LogP contribution < -0.4 is 10.6 Å². The topological polar surface area (TPSA) is 74.3 Å². The van der Waals surface area contributed by atoms with Crippen LogP contribution in [0.4, 0.5) is 10.5 Å². The van der Waals surface area contributed by atoms with Crippen molar-refractivity contribution in [1.29, 1.82) is 0 Å². The van der Waals surface area contributed by atoms with Gasteiger partial charge < -0.3 is 15.5 Å². The summed E-state index contributed by atoms with van der Waals surface area (Å²) < 4.78 is 0. The zero-order valence-electron chi connectivity index (χ0n) is 17.1. The number of nitrogens with zero attached hydrogens (tertiary/aromatic N) is 2. The molecule has 0 aliphatic carbocycles. The molecular weight excluding hydrogens is 376 g/mol. The predicted molar refractivity (Wildman–Crippen MR) is 117 cm³/mol. The Kier molecular flexibility index (Phi) is 5.48. The molecule has 0 saturated heterocycles. The number of carbonyl (C=O) groups is 2. The zero-order valence-corrected chi connectivity index (χ0v) is 17.1. The van der Waals surface area contributed by atoms with Gasteiger partial charge >= 0.3 is 6.03 Å². The van der Waals surface area contributed by atoms with Gasteiger partial charge in [-0.05, 0) is 59.9 Å². The summed E-state index contributed by atoms with van der Waals surface area (Å²) in [6.07, 6.45) is 2.55. The average Bonchev–Trinajstić information content (AvgIpc) is 2.86. The third-order valence-corrected chi connectivity index (χ3v) is 5.35. The predicted octanol–water partition coefficient (Wildman–Crippen LogP) is 3.93. The number of carbonyl (C=O) groups excluding carboxylic acids is 2. The highest BCUT2D eigenvalue weighted by atomic mass is 16.2. The number of aromatic nitrogens is 1. The van der Waals surface area contributed by atoms with Gasteiger partial charge in [0.1, 0.15) is 6.04 Å². The lowest BCUT2D eigenvalue weighted by molar-refractivity contribution is -0.131. The van der Waals surface area contributed by atoms with E-state index in [9.17, 15) is 9.59 Å². The van der Waals surface area contributed by atoms with E-state index < -0.39 is 12.1 Å². The van der Waals surface area contributed by atoms with Crippen molar-refractivity contribution < 1.29 is 9.59 Å². The van der Waals surface area contributed by atoms with Crippen LogP contribution in [0.3, 0.4) is 0 Å². The van der Waals surface area contributed by atoms with Gasteiger partial charge in [-0.1, -0.05) is 36.4 Å². The second-order valence-electron chi connectivity index (χ2n) is 7.50. The summed E-state index contributed by atoms with van der Waals surface area (Å²) in [6.45, 7) is 2.58. The van der Waals surface area contributed by atoms with Crippen LogP contribution in [-0.2, 0) is 11.2 Å². The standard InChI is InChI=1S/C24H24N4O2/c1-16-15-19(11-13-25-16)17-7-9-20(10-8-17)26-24(30)27-22-21-6-4-3-5-18(21)12-14-28(2)23(22)29/h3-11,13,15,22H,12,14H2,1-2H3,(H2,26,27,30)/t22-/m0/s1. The van der Waals surface area contributed by atoms with Crippen LogP contribution in [0.1, 0.15) is 22.9 Å². The highest BCUT2D eigenvalue weighted by Crippen LogP contribution is 2.25. The summed E-state index contributed by atoms with van der Waals surface area (Å²) in [5, 5.41) is 5.68. The van der Waals surface area contributed by atoms with Gasteiger partial charge in [-0.3, -0.25) is 9.78 Å². The number of rotatable bonds is 3. The van der Waals surface area contributed by atoms with E-state index in [2.05, 4.69) is 15.6 Å². The smallest absolute Gasteiger partial charge is 0.320 e. The van der Waals surface area contributed by atoms with Gasteiger partial charge in [0.05, 0.1) is 0 Å². The first-order valence-electron chi connectivity index (χ1n) is 9.94. The molecule has 6 nitrogen and oxygen atoms in total. The quantitative estimate of drug-likeness (QED) is 0.699. The minimum absolute atomic E-state index is 0.112. The van der Waals surface area contributed by atoms with Crippen molar-refractivity contribution in [2.45, 2.75) is 19.4 Å². The number of likely N-dealkylation sites (N-methyl/N-ethyl adjacent to an activating group) is 1. The summed E-state index contributed by atoms with van der Waals surface area (Å²) >= 11 is 0. The lowest BCUT2D eigenvalue weighted by Crippen LogP contribution is -2.42. The van der Waals surface area contributed by atoms with Crippen molar-refractivity contribution in [3.63, 3.8) is 0 Å². The molecule has 2 N–H and O–H groups in total. The number of amides is 3. The maximum absolute atomic E-state index is 12.8. The Hall–Kier alpha value is -3.67. The molecule has 152 valence electrons. The molecule has 2 heterocycles. The van der Waals surface area contributed by atoms with E-state index in [-0.39, 0.29) is 5.91 Å². The largest absolute Gasteiger partial charge is 0.343 e. The Bertz CT molecular complexity index is 1080. The SMILES string of the molecule is Cc1cc(-c2ccc(NC(=O)N[C@@H]3C(=O)N(C)CCc4ccccc43)cc2)ccn1. The maximum Gasteiger partial charge on any atom is 0.320 e. The molecule has 1 aromatic heterocycles. The number of aryl methyl sites for hydroxylation is 1. The van der Waals surface area contributed by atoms with Crippen molar-refractivity contribution >= 4 is 17.6 Å². The van der Waals surface area contributed by atoms with Gasteiger partial charge in [-0.25, -0.2) is 4.79 Å². The summed E-state index contributed by atoms with van der Waals surface area (Å²) in [5.74, 6) is -0.112. The highest BCUT2D eigenvalue weighted by molar-refractivity contribution is 5.94. The third kappa shape index (κ3) is 4.17. The first-order valence-corrected chi connectivity index (χ1v) is 9.94. The molecule has 3 aromatic rings. The summed E-state index contributed by atoms with van der Waals surface area (Å²) in [5.41, 5.74) is 5.66. The van der Waals surface area contributed by atoms with Crippen molar-refractivity contribution in [2.24, 2.45) is 0 Å². The van der Waals surface area contributed by atoms with E-state index in [4.69, 9.17) is 0 Å². The fourth-order valence-corrected chi connectivity index (χ4v) is 3.70. The summed E-state index contributed by atoms with van der Waals surface area (Å²) in [6, 6.07) is 18.2.